The number of anilines is 1. The number of rotatable bonds is 12. The van der Waals surface area contributed by atoms with Gasteiger partial charge in [-0.25, -0.2) is 13.0 Å². The van der Waals surface area contributed by atoms with Crippen molar-refractivity contribution >= 4 is 47.0 Å². The van der Waals surface area contributed by atoms with E-state index in [2.05, 4.69) is 9.48 Å². The summed E-state index contributed by atoms with van der Waals surface area (Å²) in [4.78, 5) is 2.05. The van der Waals surface area contributed by atoms with Crippen molar-refractivity contribution in [2.75, 3.05) is 24.2 Å². The molecule has 266 valence electrons. The first-order valence-corrected chi connectivity index (χ1v) is 20.8. The van der Waals surface area contributed by atoms with Crippen LogP contribution < -0.4 is 4.90 Å². The van der Waals surface area contributed by atoms with Crippen LogP contribution in [-0.4, -0.2) is 64.0 Å². The molecule has 13 heteroatoms. The van der Waals surface area contributed by atoms with Crippen molar-refractivity contribution < 1.29 is 38.9 Å². The average Bonchev–Trinajstić information content (AvgIpc) is 3.10. The highest BCUT2D eigenvalue weighted by Crippen LogP contribution is 2.32. The monoisotopic (exact) mass is 747 g/mol. The Balaban J connectivity index is 1.47. The van der Waals surface area contributed by atoms with Gasteiger partial charge in [-0.3, -0.25) is 9.11 Å². The minimum absolute atomic E-state index is 0.158. The highest BCUT2D eigenvalue weighted by atomic mass is 32.2. The van der Waals surface area contributed by atoms with Crippen LogP contribution in [0.2, 0.25) is 0 Å². The first-order chi connectivity index (χ1) is 24.1. The van der Waals surface area contributed by atoms with Gasteiger partial charge in [0.05, 0.1) is 14.7 Å². The van der Waals surface area contributed by atoms with Gasteiger partial charge in [-0.15, -0.1) is 0 Å². The second-order valence-electron chi connectivity index (χ2n) is 12.0. The molecule has 1 aliphatic carbocycles. The predicted octanol–water partition coefficient (Wildman–Crippen LogP) is 6.21. The van der Waals surface area contributed by atoms with Gasteiger partial charge in [-0.2, -0.15) is 16.8 Å². The molecule has 10 nitrogen and oxygen atoms in total. The van der Waals surface area contributed by atoms with Gasteiger partial charge in [0.25, 0.3) is 20.2 Å². The molecule has 0 unspecified atom stereocenters. The number of hydrogen-bond donors (Lipinski definition) is 2. The first kappa shape index (κ1) is 37.6. The van der Waals surface area contributed by atoms with Crippen molar-refractivity contribution in [3.63, 3.8) is 0 Å². The molecule has 2 N–H and O–H groups in total. The summed E-state index contributed by atoms with van der Waals surface area (Å²) in [6.07, 6.45) is 9.23. The standard InChI is InChI=1S/C38H38N2O8S3/c1-4-39(26-28-6-20-36(21-7-28)50(43,44)45)33-16-10-30(11-17-33)38(32-14-24-35(25-15-32)49(3,41)42)31-12-18-34(19-13-31)40(5-2)27-29-8-22-37(23-9-29)51(46,47)48/h6-25H,4-5,26-27H2,1-3H3,(H-,43,44,45,46,47,48)/p+1. The summed E-state index contributed by atoms with van der Waals surface area (Å²) in [5.41, 5.74) is 7.22. The average molecular weight is 748 g/mol. The Morgan fingerprint density at radius 1 is 0.608 bits per heavy atom. The summed E-state index contributed by atoms with van der Waals surface area (Å²) < 4.78 is 91.0. The van der Waals surface area contributed by atoms with E-state index in [9.17, 15) is 34.4 Å². The molecular formula is C38H39N2O8S3+. The van der Waals surface area contributed by atoms with Crippen molar-refractivity contribution in [2.45, 2.75) is 41.6 Å². The molecule has 51 heavy (non-hydrogen) atoms. The molecule has 0 amide bonds. The quantitative estimate of drug-likeness (QED) is 0.127. The van der Waals surface area contributed by atoms with E-state index in [0.717, 1.165) is 44.8 Å². The summed E-state index contributed by atoms with van der Waals surface area (Å²) in [5.74, 6) is 0. The summed E-state index contributed by atoms with van der Waals surface area (Å²) in [7, 11) is -11.9. The number of nitrogens with zero attached hydrogens (tertiary/aromatic N) is 2. The minimum atomic E-state index is -4.27. The fraction of sp³-hybridized carbons (Fsp3) is 0.184. The van der Waals surface area contributed by atoms with Crippen molar-refractivity contribution in [2.24, 2.45) is 0 Å². The van der Waals surface area contributed by atoms with Crippen molar-refractivity contribution in [1.82, 2.24) is 0 Å². The van der Waals surface area contributed by atoms with Crippen molar-refractivity contribution in [3.05, 3.63) is 149 Å². The zero-order valence-electron chi connectivity index (χ0n) is 28.3. The Kier molecular flexibility index (Phi) is 11.3. The molecule has 0 aliphatic heterocycles. The van der Waals surface area contributed by atoms with Crippen LogP contribution in [-0.2, 0) is 43.2 Å². The summed E-state index contributed by atoms with van der Waals surface area (Å²) in [6.45, 7) is 6.45. The smallest absolute Gasteiger partial charge is 0.294 e. The highest BCUT2D eigenvalue weighted by molar-refractivity contribution is 7.90. The van der Waals surface area contributed by atoms with Crippen LogP contribution >= 0.6 is 0 Å². The highest BCUT2D eigenvalue weighted by Gasteiger charge is 2.18. The Bertz CT molecular complexity index is 2340. The van der Waals surface area contributed by atoms with Crippen LogP contribution in [0.3, 0.4) is 0 Å². The van der Waals surface area contributed by atoms with E-state index in [0.29, 0.717) is 26.2 Å². The maximum absolute atomic E-state index is 12.2. The fourth-order valence-electron chi connectivity index (χ4n) is 5.79. The lowest BCUT2D eigenvalue weighted by Gasteiger charge is -2.24. The Morgan fingerprint density at radius 3 is 1.49 bits per heavy atom. The van der Waals surface area contributed by atoms with E-state index >= 15 is 0 Å². The molecule has 0 spiro atoms. The van der Waals surface area contributed by atoms with Gasteiger partial charge in [-0.1, -0.05) is 48.5 Å². The number of benzene rings is 4. The largest absolute Gasteiger partial charge is 0.367 e. The second-order valence-corrected chi connectivity index (χ2v) is 16.9. The van der Waals surface area contributed by atoms with E-state index in [1.54, 1.807) is 48.5 Å². The lowest BCUT2D eigenvalue weighted by atomic mass is 9.90. The van der Waals surface area contributed by atoms with Crippen LogP contribution in [0.4, 0.5) is 5.69 Å². The predicted molar refractivity (Wildman–Crippen MR) is 199 cm³/mol. The van der Waals surface area contributed by atoms with Crippen LogP contribution in [0, 0.1) is 0 Å². The number of hydrogen-bond acceptors (Lipinski definition) is 7. The molecule has 4 aromatic rings. The fourth-order valence-corrected chi connectivity index (χ4v) is 7.38. The summed E-state index contributed by atoms with van der Waals surface area (Å²) in [5, 5.41) is 0. The van der Waals surface area contributed by atoms with Gasteiger partial charge in [0.2, 0.25) is 0 Å². The van der Waals surface area contributed by atoms with Gasteiger partial charge in [0.15, 0.2) is 22.1 Å². The summed E-state index contributed by atoms with van der Waals surface area (Å²) in [6, 6.07) is 27.1. The van der Waals surface area contributed by atoms with Crippen LogP contribution in [0.5, 0.6) is 0 Å². The topological polar surface area (TPSA) is 149 Å². The van der Waals surface area contributed by atoms with E-state index in [1.165, 1.54) is 30.5 Å². The molecule has 5 rings (SSSR count). The third kappa shape index (κ3) is 9.37. The van der Waals surface area contributed by atoms with Crippen LogP contribution in [0.1, 0.15) is 36.1 Å². The van der Waals surface area contributed by atoms with Gasteiger partial charge >= 0.3 is 0 Å². The van der Waals surface area contributed by atoms with Gasteiger partial charge < -0.3 is 4.90 Å². The molecule has 0 aromatic heterocycles. The number of sulfone groups is 1. The normalized spacial score (nSPS) is 13.4. The molecular weight excluding hydrogens is 709 g/mol. The van der Waals surface area contributed by atoms with Crippen molar-refractivity contribution in [3.8, 4) is 0 Å². The zero-order valence-corrected chi connectivity index (χ0v) is 30.8. The maximum Gasteiger partial charge on any atom is 0.294 e. The van der Waals surface area contributed by atoms with Crippen LogP contribution in [0.15, 0.2) is 142 Å². The summed E-state index contributed by atoms with van der Waals surface area (Å²) >= 11 is 0. The van der Waals surface area contributed by atoms with Gasteiger partial charge in [-0.05, 0) is 102 Å². The van der Waals surface area contributed by atoms with E-state index in [1.807, 2.05) is 62.4 Å². The Labute approximate surface area is 299 Å². The van der Waals surface area contributed by atoms with E-state index in [-0.39, 0.29) is 14.7 Å². The van der Waals surface area contributed by atoms with Crippen LogP contribution in [0.25, 0.3) is 5.57 Å². The lowest BCUT2D eigenvalue weighted by molar-refractivity contribution is -0.539. The maximum atomic E-state index is 12.2. The van der Waals surface area contributed by atoms with Gasteiger partial charge in [0, 0.05) is 42.7 Å². The molecule has 0 bridgehead atoms. The molecule has 0 saturated heterocycles. The number of allylic oxidation sites excluding steroid dienone is 5. The molecule has 4 aromatic carbocycles. The molecule has 0 fully saturated rings. The first-order valence-electron chi connectivity index (χ1n) is 16.1. The lowest BCUT2D eigenvalue weighted by Crippen LogP contribution is -2.22. The van der Waals surface area contributed by atoms with E-state index < -0.39 is 30.1 Å². The third-order valence-corrected chi connectivity index (χ3v) is 11.4. The van der Waals surface area contributed by atoms with E-state index in [4.69, 9.17) is 0 Å². The van der Waals surface area contributed by atoms with Gasteiger partial charge in [0.1, 0.15) is 6.54 Å². The second kappa shape index (κ2) is 15.3. The third-order valence-electron chi connectivity index (χ3n) is 8.57. The zero-order chi connectivity index (χ0) is 37.0. The molecule has 0 saturated carbocycles. The molecule has 0 heterocycles. The Hall–Kier alpha value is -4.66. The molecule has 1 aliphatic rings. The SMILES string of the molecule is CCN(Cc1ccc(S(=O)(=O)O)cc1)c1ccc(C(=C2C=CC(=[N+](CC)Cc3ccc(S(=O)(=O)O)cc3)C=C2)c2ccc(S(C)(=O)=O)cc2)cc1. The molecule has 0 atom stereocenters. The Morgan fingerprint density at radius 2 is 1.06 bits per heavy atom. The minimum Gasteiger partial charge on any atom is -0.367 e. The van der Waals surface area contributed by atoms with Crippen molar-refractivity contribution in [1.29, 1.82) is 0 Å². The molecule has 0 radical (unpaired) electrons.